The number of hydrogen-bond acceptors (Lipinski definition) is 2. The molecule has 0 aromatic heterocycles. The Morgan fingerprint density at radius 3 is 2.94 bits per heavy atom. The molecule has 3 nitrogen and oxygen atoms in total. The van der Waals surface area contributed by atoms with E-state index in [0.717, 1.165) is 24.8 Å². The highest BCUT2D eigenvalue weighted by molar-refractivity contribution is 5.94. The molecule has 18 heavy (non-hydrogen) atoms. The van der Waals surface area contributed by atoms with Crippen molar-refractivity contribution in [3.05, 3.63) is 35.1 Å². The first-order valence-electron chi connectivity index (χ1n) is 6.28. The van der Waals surface area contributed by atoms with Crippen LogP contribution in [0.1, 0.15) is 35.2 Å². The lowest BCUT2D eigenvalue weighted by Crippen LogP contribution is -2.29. The lowest BCUT2D eigenvalue weighted by molar-refractivity contribution is 0.0941. The number of carbonyl (C=O) groups is 1. The predicted octanol–water partition coefficient (Wildman–Crippen LogP) is 2.02. The SMILES string of the molecule is Cc1ccc(F)c(C(=O)NCC2CCC(O)C2)c1. The maximum atomic E-state index is 13.5. The molecule has 1 fully saturated rings. The van der Waals surface area contributed by atoms with Crippen molar-refractivity contribution in [2.24, 2.45) is 5.92 Å². The molecule has 1 saturated carbocycles. The fraction of sp³-hybridized carbons (Fsp3) is 0.500. The molecule has 2 atom stereocenters. The van der Waals surface area contributed by atoms with E-state index in [2.05, 4.69) is 5.32 Å². The second-order valence-electron chi connectivity index (χ2n) is 5.03. The topological polar surface area (TPSA) is 49.3 Å². The van der Waals surface area contributed by atoms with Crippen LogP contribution in [-0.4, -0.2) is 23.7 Å². The Hall–Kier alpha value is -1.42. The number of nitrogens with one attached hydrogen (secondary N) is 1. The van der Waals surface area contributed by atoms with E-state index in [1.54, 1.807) is 12.1 Å². The molecule has 2 rings (SSSR count). The third-order valence-corrected chi connectivity index (χ3v) is 3.43. The van der Waals surface area contributed by atoms with Crippen LogP contribution in [-0.2, 0) is 0 Å². The number of halogens is 1. The van der Waals surface area contributed by atoms with Crippen molar-refractivity contribution >= 4 is 5.91 Å². The molecule has 0 heterocycles. The summed E-state index contributed by atoms with van der Waals surface area (Å²) in [5.41, 5.74) is 0.950. The van der Waals surface area contributed by atoms with Crippen molar-refractivity contribution in [3.63, 3.8) is 0 Å². The molecule has 98 valence electrons. The monoisotopic (exact) mass is 251 g/mol. The first-order chi connectivity index (χ1) is 8.56. The van der Waals surface area contributed by atoms with Crippen molar-refractivity contribution in [1.82, 2.24) is 5.32 Å². The number of carbonyl (C=O) groups excluding carboxylic acids is 1. The van der Waals surface area contributed by atoms with Crippen LogP contribution in [0.4, 0.5) is 4.39 Å². The summed E-state index contributed by atoms with van der Waals surface area (Å²) in [7, 11) is 0. The molecule has 2 N–H and O–H groups in total. The number of hydrogen-bond donors (Lipinski definition) is 2. The van der Waals surface area contributed by atoms with E-state index in [0.29, 0.717) is 12.5 Å². The van der Waals surface area contributed by atoms with Gasteiger partial charge in [-0.15, -0.1) is 0 Å². The van der Waals surface area contributed by atoms with E-state index in [1.165, 1.54) is 6.07 Å². The van der Waals surface area contributed by atoms with Crippen LogP contribution >= 0.6 is 0 Å². The smallest absolute Gasteiger partial charge is 0.254 e. The van der Waals surface area contributed by atoms with Gasteiger partial charge in [-0.25, -0.2) is 4.39 Å². The lowest BCUT2D eigenvalue weighted by Gasteiger charge is -2.11. The zero-order valence-corrected chi connectivity index (χ0v) is 10.4. The van der Waals surface area contributed by atoms with Crippen LogP contribution in [0.5, 0.6) is 0 Å². The van der Waals surface area contributed by atoms with E-state index in [4.69, 9.17) is 0 Å². The van der Waals surface area contributed by atoms with Gasteiger partial charge in [-0.1, -0.05) is 11.6 Å². The van der Waals surface area contributed by atoms with Crippen LogP contribution in [0.25, 0.3) is 0 Å². The van der Waals surface area contributed by atoms with Crippen molar-refractivity contribution in [1.29, 1.82) is 0 Å². The third kappa shape index (κ3) is 3.07. The van der Waals surface area contributed by atoms with E-state index < -0.39 is 5.82 Å². The second-order valence-corrected chi connectivity index (χ2v) is 5.03. The molecule has 4 heteroatoms. The summed E-state index contributed by atoms with van der Waals surface area (Å²) in [6.07, 6.45) is 2.18. The Kier molecular flexibility index (Phi) is 3.97. The predicted molar refractivity (Wildman–Crippen MR) is 66.8 cm³/mol. The number of aliphatic hydroxyl groups is 1. The Balaban J connectivity index is 1.93. The van der Waals surface area contributed by atoms with Crippen LogP contribution in [0, 0.1) is 18.7 Å². The zero-order valence-electron chi connectivity index (χ0n) is 10.4. The van der Waals surface area contributed by atoms with Gasteiger partial charge in [-0.05, 0) is 44.2 Å². The highest BCUT2D eigenvalue weighted by atomic mass is 19.1. The molecule has 1 amide bonds. The largest absolute Gasteiger partial charge is 0.393 e. The number of rotatable bonds is 3. The van der Waals surface area contributed by atoms with Gasteiger partial charge in [0.05, 0.1) is 11.7 Å². The molecule has 1 aromatic rings. The van der Waals surface area contributed by atoms with E-state index in [1.807, 2.05) is 6.92 Å². The summed E-state index contributed by atoms with van der Waals surface area (Å²) in [6.45, 7) is 2.33. The van der Waals surface area contributed by atoms with Gasteiger partial charge in [-0.2, -0.15) is 0 Å². The van der Waals surface area contributed by atoms with E-state index >= 15 is 0 Å². The minimum atomic E-state index is -0.496. The fourth-order valence-corrected chi connectivity index (χ4v) is 2.38. The number of aryl methyl sites for hydroxylation is 1. The fourth-order valence-electron chi connectivity index (χ4n) is 2.38. The van der Waals surface area contributed by atoms with Crippen LogP contribution in [0.15, 0.2) is 18.2 Å². The van der Waals surface area contributed by atoms with Crippen molar-refractivity contribution in [2.75, 3.05) is 6.54 Å². The standard InChI is InChI=1S/C14H18FNO2/c1-9-2-5-13(15)12(6-9)14(18)16-8-10-3-4-11(17)7-10/h2,5-6,10-11,17H,3-4,7-8H2,1H3,(H,16,18). The van der Waals surface area contributed by atoms with Gasteiger partial charge < -0.3 is 10.4 Å². The Labute approximate surface area is 106 Å². The van der Waals surface area contributed by atoms with Gasteiger partial charge >= 0.3 is 0 Å². The summed E-state index contributed by atoms with van der Waals surface area (Å²) in [4.78, 5) is 11.8. The van der Waals surface area contributed by atoms with Crippen LogP contribution in [0.3, 0.4) is 0 Å². The maximum absolute atomic E-state index is 13.5. The third-order valence-electron chi connectivity index (χ3n) is 3.43. The van der Waals surface area contributed by atoms with Crippen molar-refractivity contribution in [3.8, 4) is 0 Å². The van der Waals surface area contributed by atoms with E-state index in [-0.39, 0.29) is 17.6 Å². The first-order valence-corrected chi connectivity index (χ1v) is 6.28. The molecule has 0 radical (unpaired) electrons. The number of amides is 1. The summed E-state index contributed by atoms with van der Waals surface area (Å²) < 4.78 is 13.5. The zero-order chi connectivity index (χ0) is 13.1. The summed E-state index contributed by atoms with van der Waals surface area (Å²) in [5.74, 6) is -0.570. The molecule has 1 aliphatic rings. The number of benzene rings is 1. The van der Waals surface area contributed by atoms with Crippen molar-refractivity contribution in [2.45, 2.75) is 32.3 Å². The first kappa shape index (κ1) is 13.0. The molecule has 1 aromatic carbocycles. The molecular formula is C14H18FNO2. The molecular weight excluding hydrogens is 233 g/mol. The van der Waals surface area contributed by atoms with Gasteiger partial charge in [0, 0.05) is 6.54 Å². The molecule has 1 aliphatic carbocycles. The normalized spacial score (nSPS) is 23.1. The molecule has 0 bridgehead atoms. The molecule has 0 aliphatic heterocycles. The molecule has 0 saturated heterocycles. The van der Waals surface area contributed by atoms with Crippen LogP contribution < -0.4 is 5.32 Å². The maximum Gasteiger partial charge on any atom is 0.254 e. The Morgan fingerprint density at radius 2 is 2.28 bits per heavy atom. The Bertz CT molecular complexity index is 447. The lowest BCUT2D eigenvalue weighted by atomic mass is 10.1. The van der Waals surface area contributed by atoms with Gasteiger partial charge in [0.2, 0.25) is 0 Å². The van der Waals surface area contributed by atoms with Gasteiger partial charge in [-0.3, -0.25) is 4.79 Å². The van der Waals surface area contributed by atoms with Crippen LogP contribution in [0.2, 0.25) is 0 Å². The highest BCUT2D eigenvalue weighted by Gasteiger charge is 2.23. The van der Waals surface area contributed by atoms with Crippen molar-refractivity contribution < 1.29 is 14.3 Å². The summed E-state index contributed by atoms with van der Waals surface area (Å²) in [6, 6.07) is 4.50. The minimum Gasteiger partial charge on any atom is -0.393 e. The summed E-state index contributed by atoms with van der Waals surface area (Å²) >= 11 is 0. The van der Waals surface area contributed by atoms with E-state index in [9.17, 15) is 14.3 Å². The minimum absolute atomic E-state index is 0.0912. The number of aliphatic hydroxyl groups excluding tert-OH is 1. The van der Waals surface area contributed by atoms with Gasteiger partial charge in [0.25, 0.3) is 5.91 Å². The highest BCUT2D eigenvalue weighted by Crippen LogP contribution is 2.24. The van der Waals surface area contributed by atoms with Gasteiger partial charge in [0.1, 0.15) is 5.82 Å². The Morgan fingerprint density at radius 1 is 1.50 bits per heavy atom. The molecule has 2 unspecified atom stereocenters. The average Bonchev–Trinajstić information content (AvgIpc) is 2.75. The second kappa shape index (κ2) is 5.48. The summed E-state index contributed by atoms with van der Waals surface area (Å²) in [5, 5.41) is 12.1. The molecule has 0 spiro atoms. The average molecular weight is 251 g/mol. The van der Waals surface area contributed by atoms with Gasteiger partial charge in [0.15, 0.2) is 0 Å². The quantitative estimate of drug-likeness (QED) is 0.863.